The van der Waals surface area contributed by atoms with Crippen molar-refractivity contribution in [3.63, 3.8) is 0 Å². The van der Waals surface area contributed by atoms with Gasteiger partial charge in [-0.2, -0.15) is 0 Å². The van der Waals surface area contributed by atoms with Crippen LogP contribution in [-0.2, 0) is 14.4 Å². The molecule has 0 spiro atoms. The van der Waals surface area contributed by atoms with Gasteiger partial charge in [0.15, 0.2) is 0 Å². The van der Waals surface area contributed by atoms with Gasteiger partial charge in [0.1, 0.15) is 11.8 Å². The van der Waals surface area contributed by atoms with Gasteiger partial charge in [-0.25, -0.2) is 4.79 Å². The summed E-state index contributed by atoms with van der Waals surface area (Å²) in [5.74, 6) is -0.983. The fourth-order valence-corrected chi connectivity index (χ4v) is 3.05. The van der Waals surface area contributed by atoms with E-state index in [0.717, 1.165) is 19.3 Å². The van der Waals surface area contributed by atoms with Gasteiger partial charge in [0.05, 0.1) is 5.25 Å². The van der Waals surface area contributed by atoms with Crippen molar-refractivity contribution in [2.24, 2.45) is 0 Å². The maximum Gasteiger partial charge on any atom is 0.327 e. The maximum atomic E-state index is 11.5. The quantitative estimate of drug-likeness (QED) is 0.763. The van der Waals surface area contributed by atoms with Crippen molar-refractivity contribution in [1.29, 1.82) is 0 Å². The first-order chi connectivity index (χ1) is 8.00. The Morgan fingerprint density at radius 1 is 1.53 bits per heavy atom. The van der Waals surface area contributed by atoms with E-state index in [4.69, 9.17) is 5.11 Å². The average molecular weight is 259 g/mol. The topological polar surface area (TPSA) is 83.5 Å². The van der Waals surface area contributed by atoms with E-state index in [-0.39, 0.29) is 22.7 Å². The summed E-state index contributed by atoms with van der Waals surface area (Å²) in [5, 5.41) is 11.2. The third-order valence-electron chi connectivity index (χ3n) is 2.64. The molecule has 1 saturated carbocycles. The SMILES string of the molecule is CC(=O)N[C@@H](CSC1CCCCC1=O)C(=O)O. The Balaban J connectivity index is 2.42. The number of hydrogen-bond acceptors (Lipinski definition) is 4. The Kier molecular flexibility index (Phi) is 5.47. The van der Waals surface area contributed by atoms with E-state index in [2.05, 4.69) is 5.32 Å². The highest BCUT2D eigenvalue weighted by atomic mass is 32.2. The lowest BCUT2D eigenvalue weighted by molar-refractivity contribution is -0.140. The molecule has 1 aliphatic rings. The minimum atomic E-state index is -1.06. The molecule has 1 aliphatic carbocycles. The standard InChI is InChI=1S/C11H17NO4S/c1-7(13)12-8(11(15)16)6-17-10-5-3-2-4-9(10)14/h8,10H,2-6H2,1H3,(H,12,13)(H,15,16)/t8-,10?/m0/s1. The molecule has 0 saturated heterocycles. The smallest absolute Gasteiger partial charge is 0.327 e. The van der Waals surface area contributed by atoms with Crippen molar-refractivity contribution in [2.45, 2.75) is 43.9 Å². The monoisotopic (exact) mass is 259 g/mol. The molecule has 0 aromatic rings. The lowest BCUT2D eigenvalue weighted by atomic mass is 9.99. The van der Waals surface area contributed by atoms with E-state index in [0.29, 0.717) is 6.42 Å². The number of carboxylic acid groups (broad SMARTS) is 1. The number of carbonyl (C=O) groups excluding carboxylic acids is 2. The highest BCUT2D eigenvalue weighted by Gasteiger charge is 2.26. The van der Waals surface area contributed by atoms with Crippen molar-refractivity contribution in [1.82, 2.24) is 5.32 Å². The predicted octanol–water partition coefficient (Wildman–Crippen LogP) is 0.821. The van der Waals surface area contributed by atoms with Crippen LogP contribution in [0.5, 0.6) is 0 Å². The Labute approximate surface area is 104 Å². The van der Waals surface area contributed by atoms with Gasteiger partial charge in [0, 0.05) is 19.1 Å². The predicted molar refractivity (Wildman–Crippen MR) is 65.0 cm³/mol. The Hall–Kier alpha value is -1.04. The van der Waals surface area contributed by atoms with Crippen LogP contribution in [0.1, 0.15) is 32.6 Å². The number of carbonyl (C=O) groups is 3. The van der Waals surface area contributed by atoms with E-state index in [1.165, 1.54) is 18.7 Å². The first-order valence-electron chi connectivity index (χ1n) is 5.65. The zero-order valence-corrected chi connectivity index (χ0v) is 10.6. The van der Waals surface area contributed by atoms with E-state index in [1.54, 1.807) is 0 Å². The van der Waals surface area contributed by atoms with Crippen LogP contribution < -0.4 is 5.32 Å². The lowest BCUT2D eigenvalue weighted by Crippen LogP contribution is -2.42. The van der Waals surface area contributed by atoms with Crippen molar-refractivity contribution < 1.29 is 19.5 Å². The number of nitrogens with one attached hydrogen (secondary N) is 1. The summed E-state index contributed by atoms with van der Waals surface area (Å²) in [4.78, 5) is 33.2. The molecule has 1 fully saturated rings. The highest BCUT2D eigenvalue weighted by Crippen LogP contribution is 2.26. The van der Waals surface area contributed by atoms with Crippen LogP contribution in [0.3, 0.4) is 0 Å². The molecule has 0 radical (unpaired) electrons. The first-order valence-corrected chi connectivity index (χ1v) is 6.70. The van der Waals surface area contributed by atoms with E-state index < -0.39 is 12.0 Å². The van der Waals surface area contributed by atoms with E-state index in [9.17, 15) is 14.4 Å². The zero-order chi connectivity index (χ0) is 12.8. The molecule has 1 amide bonds. The summed E-state index contributed by atoms with van der Waals surface area (Å²) < 4.78 is 0. The molecule has 96 valence electrons. The van der Waals surface area contributed by atoms with Crippen molar-refractivity contribution >= 4 is 29.4 Å². The minimum Gasteiger partial charge on any atom is -0.480 e. The van der Waals surface area contributed by atoms with Crippen LogP contribution in [0, 0.1) is 0 Å². The second kappa shape index (κ2) is 6.64. The molecular formula is C11H17NO4S. The molecule has 2 atom stereocenters. The molecule has 0 aliphatic heterocycles. The summed E-state index contributed by atoms with van der Waals surface area (Å²) in [6.07, 6.45) is 3.36. The molecule has 0 heterocycles. The van der Waals surface area contributed by atoms with Crippen molar-refractivity contribution in [3.05, 3.63) is 0 Å². The third kappa shape index (κ3) is 4.77. The van der Waals surface area contributed by atoms with Crippen LogP contribution in [0.25, 0.3) is 0 Å². The normalized spacial score (nSPS) is 21.9. The van der Waals surface area contributed by atoms with Crippen LogP contribution in [0.15, 0.2) is 0 Å². The van der Waals surface area contributed by atoms with Gasteiger partial charge in [-0.05, 0) is 12.8 Å². The van der Waals surface area contributed by atoms with Gasteiger partial charge in [-0.15, -0.1) is 11.8 Å². The zero-order valence-electron chi connectivity index (χ0n) is 9.77. The molecule has 17 heavy (non-hydrogen) atoms. The average Bonchev–Trinajstić information content (AvgIpc) is 2.25. The van der Waals surface area contributed by atoms with Crippen LogP contribution in [0.2, 0.25) is 0 Å². The number of hydrogen-bond donors (Lipinski definition) is 2. The Morgan fingerprint density at radius 3 is 2.76 bits per heavy atom. The number of aliphatic carboxylic acids is 1. The molecular weight excluding hydrogens is 242 g/mol. The summed E-state index contributed by atoms with van der Waals surface area (Å²) in [7, 11) is 0. The van der Waals surface area contributed by atoms with Crippen molar-refractivity contribution in [2.75, 3.05) is 5.75 Å². The Morgan fingerprint density at radius 2 is 2.24 bits per heavy atom. The fourth-order valence-electron chi connectivity index (χ4n) is 1.76. The van der Waals surface area contributed by atoms with E-state index >= 15 is 0 Å². The highest BCUT2D eigenvalue weighted by molar-refractivity contribution is 8.00. The van der Waals surface area contributed by atoms with Gasteiger partial charge in [0.2, 0.25) is 5.91 Å². The fraction of sp³-hybridized carbons (Fsp3) is 0.727. The van der Waals surface area contributed by atoms with Crippen LogP contribution >= 0.6 is 11.8 Å². The summed E-state index contributed by atoms with van der Waals surface area (Å²) in [6.45, 7) is 1.28. The second-order valence-corrected chi connectivity index (χ2v) is 5.36. The molecule has 1 unspecified atom stereocenters. The van der Waals surface area contributed by atoms with Gasteiger partial charge < -0.3 is 10.4 Å². The second-order valence-electron chi connectivity index (χ2n) is 4.13. The molecule has 0 aromatic heterocycles. The molecule has 2 N–H and O–H groups in total. The van der Waals surface area contributed by atoms with E-state index in [1.807, 2.05) is 0 Å². The lowest BCUT2D eigenvalue weighted by Gasteiger charge is -2.21. The minimum absolute atomic E-state index is 0.0978. The summed E-state index contributed by atoms with van der Waals surface area (Å²) in [6, 6.07) is -0.910. The van der Waals surface area contributed by atoms with Gasteiger partial charge in [-0.1, -0.05) is 6.42 Å². The number of amides is 1. The largest absolute Gasteiger partial charge is 0.480 e. The van der Waals surface area contributed by atoms with Crippen LogP contribution in [-0.4, -0.2) is 39.8 Å². The molecule has 6 heteroatoms. The summed E-state index contributed by atoms with van der Waals surface area (Å²) in [5.41, 5.74) is 0. The number of rotatable bonds is 5. The van der Waals surface area contributed by atoms with Gasteiger partial charge >= 0.3 is 5.97 Å². The number of ketones is 1. The number of carboxylic acids is 1. The molecule has 0 aromatic carbocycles. The molecule has 0 bridgehead atoms. The van der Waals surface area contributed by atoms with Crippen molar-refractivity contribution in [3.8, 4) is 0 Å². The molecule has 1 rings (SSSR count). The first kappa shape index (κ1) is 14.0. The number of thioether (sulfide) groups is 1. The number of Topliss-reactive ketones (excluding diaryl/α,β-unsaturated/α-hetero) is 1. The Bertz CT molecular complexity index is 319. The van der Waals surface area contributed by atoms with Crippen LogP contribution in [0.4, 0.5) is 0 Å². The molecule has 5 nitrogen and oxygen atoms in total. The third-order valence-corrected chi connectivity index (χ3v) is 4.07. The maximum absolute atomic E-state index is 11.5. The van der Waals surface area contributed by atoms with Gasteiger partial charge in [0.25, 0.3) is 0 Å². The summed E-state index contributed by atoms with van der Waals surface area (Å²) >= 11 is 1.34. The van der Waals surface area contributed by atoms with Gasteiger partial charge in [-0.3, -0.25) is 9.59 Å².